The molecule has 0 aromatic carbocycles. The van der Waals surface area contributed by atoms with Gasteiger partial charge in [0.2, 0.25) is 0 Å². The largest absolute Gasteiger partial charge is 0.403 e. The summed E-state index contributed by atoms with van der Waals surface area (Å²) in [6.07, 6.45) is 7.48. The summed E-state index contributed by atoms with van der Waals surface area (Å²) in [5, 5.41) is 4.25. The zero-order chi connectivity index (χ0) is 17.3. The van der Waals surface area contributed by atoms with Crippen molar-refractivity contribution in [3.63, 3.8) is 0 Å². The molecule has 0 spiro atoms. The number of nitrogens with two attached hydrogens (primary N) is 1. The van der Waals surface area contributed by atoms with Crippen molar-refractivity contribution in [2.24, 2.45) is 5.73 Å². The maximum Gasteiger partial charge on any atom is 0.279 e. The van der Waals surface area contributed by atoms with Crippen molar-refractivity contribution in [2.45, 2.75) is 26.8 Å². The van der Waals surface area contributed by atoms with Crippen molar-refractivity contribution < 1.29 is 4.79 Å². The van der Waals surface area contributed by atoms with Crippen LogP contribution in [0.25, 0.3) is 11.4 Å². The standard InChI is InChI=1S/C16H21N7O/c1-4-7-23-11(3)22(8-6-17)15-13(16(23)24)19-14(20-15)12-9-18-21(5-2)10-12/h6,8-10H,3-5,7,17H2,1-2H3,(H,19,20)/b8-6-. The number of aryl methyl sites for hydroxylation is 1. The topological polar surface area (TPSA) is 96.1 Å². The van der Waals surface area contributed by atoms with Gasteiger partial charge >= 0.3 is 0 Å². The predicted octanol–water partition coefficient (Wildman–Crippen LogP) is 1.87. The zero-order valence-electron chi connectivity index (χ0n) is 13.9. The Kier molecular flexibility index (Phi) is 4.11. The van der Waals surface area contributed by atoms with Gasteiger partial charge < -0.3 is 10.7 Å². The summed E-state index contributed by atoms with van der Waals surface area (Å²) in [5.74, 6) is 1.49. The first-order valence-electron chi connectivity index (χ1n) is 7.91. The van der Waals surface area contributed by atoms with Gasteiger partial charge in [0.1, 0.15) is 11.6 Å². The lowest BCUT2D eigenvalue weighted by molar-refractivity contribution is 0.0790. The third-order valence-corrected chi connectivity index (χ3v) is 3.87. The highest BCUT2D eigenvalue weighted by molar-refractivity contribution is 6.02. The van der Waals surface area contributed by atoms with Gasteiger partial charge in [-0.25, -0.2) is 4.98 Å². The van der Waals surface area contributed by atoms with Gasteiger partial charge in [0.15, 0.2) is 11.5 Å². The average molecular weight is 327 g/mol. The second kappa shape index (κ2) is 6.23. The molecule has 0 aliphatic carbocycles. The molecule has 1 amide bonds. The van der Waals surface area contributed by atoms with Crippen molar-refractivity contribution in [1.29, 1.82) is 0 Å². The Bertz CT molecular complexity index is 801. The normalized spacial score (nSPS) is 14.8. The van der Waals surface area contributed by atoms with Crippen molar-refractivity contribution in [3.8, 4) is 11.4 Å². The molecule has 0 unspecified atom stereocenters. The van der Waals surface area contributed by atoms with Crippen molar-refractivity contribution >= 4 is 11.7 Å². The average Bonchev–Trinajstić information content (AvgIpc) is 3.22. The Hall–Kier alpha value is -3.03. The highest BCUT2D eigenvalue weighted by Crippen LogP contribution is 2.33. The minimum atomic E-state index is -0.139. The van der Waals surface area contributed by atoms with Gasteiger partial charge in [-0.3, -0.25) is 19.3 Å². The van der Waals surface area contributed by atoms with E-state index in [0.29, 0.717) is 29.7 Å². The summed E-state index contributed by atoms with van der Waals surface area (Å²) in [5.41, 5.74) is 6.80. The number of imidazole rings is 1. The Morgan fingerprint density at radius 1 is 1.42 bits per heavy atom. The number of carbonyl (C=O) groups excluding carboxylic acids is 1. The first-order chi connectivity index (χ1) is 11.6. The third kappa shape index (κ3) is 2.45. The van der Waals surface area contributed by atoms with Gasteiger partial charge in [-0.2, -0.15) is 5.10 Å². The van der Waals surface area contributed by atoms with E-state index in [4.69, 9.17) is 5.73 Å². The maximum absolute atomic E-state index is 12.8. The summed E-state index contributed by atoms with van der Waals surface area (Å²) in [6, 6.07) is 0. The monoisotopic (exact) mass is 327 g/mol. The molecule has 0 fully saturated rings. The van der Waals surface area contributed by atoms with Gasteiger partial charge in [-0.1, -0.05) is 13.5 Å². The number of aromatic amines is 1. The van der Waals surface area contributed by atoms with E-state index in [1.54, 1.807) is 26.9 Å². The fraction of sp³-hybridized carbons (Fsp3) is 0.312. The minimum Gasteiger partial charge on any atom is -0.403 e. The van der Waals surface area contributed by atoms with Crippen LogP contribution in [0.3, 0.4) is 0 Å². The number of carbonyl (C=O) groups is 1. The van der Waals surface area contributed by atoms with E-state index in [9.17, 15) is 4.79 Å². The van der Waals surface area contributed by atoms with E-state index in [-0.39, 0.29) is 5.91 Å². The van der Waals surface area contributed by atoms with Crippen LogP contribution in [0.5, 0.6) is 0 Å². The molecule has 1 aliphatic heterocycles. The third-order valence-electron chi connectivity index (χ3n) is 3.87. The first-order valence-corrected chi connectivity index (χ1v) is 7.91. The molecular formula is C16H21N7O. The lowest BCUT2D eigenvalue weighted by Crippen LogP contribution is -2.42. The van der Waals surface area contributed by atoms with Crippen molar-refractivity contribution in [3.05, 3.63) is 42.9 Å². The molecule has 3 N–H and O–H groups in total. The Balaban J connectivity index is 2.08. The molecule has 3 heterocycles. The quantitative estimate of drug-likeness (QED) is 0.874. The zero-order valence-corrected chi connectivity index (χ0v) is 13.9. The number of rotatable bonds is 5. The fourth-order valence-electron chi connectivity index (χ4n) is 2.68. The van der Waals surface area contributed by atoms with E-state index in [2.05, 4.69) is 21.6 Å². The smallest absolute Gasteiger partial charge is 0.279 e. The minimum absolute atomic E-state index is 0.139. The fourth-order valence-corrected chi connectivity index (χ4v) is 2.68. The summed E-state index contributed by atoms with van der Waals surface area (Å²) < 4.78 is 1.80. The van der Waals surface area contributed by atoms with Gasteiger partial charge in [0.05, 0.1) is 11.8 Å². The van der Waals surface area contributed by atoms with Crippen LogP contribution in [0.4, 0.5) is 5.82 Å². The molecule has 3 rings (SSSR count). The van der Waals surface area contributed by atoms with E-state index in [1.165, 1.54) is 6.20 Å². The molecule has 126 valence electrons. The Morgan fingerprint density at radius 3 is 2.83 bits per heavy atom. The van der Waals surface area contributed by atoms with Crippen molar-refractivity contribution in [2.75, 3.05) is 11.4 Å². The SMILES string of the molecule is C=C1N(CCC)C(=O)c2[nH]c(-c3cnn(CC)c3)nc2N1/C=C\N. The van der Waals surface area contributed by atoms with Crippen LogP contribution in [0.15, 0.2) is 37.2 Å². The molecular weight excluding hydrogens is 306 g/mol. The van der Waals surface area contributed by atoms with Gasteiger partial charge in [0.25, 0.3) is 5.91 Å². The molecule has 24 heavy (non-hydrogen) atoms. The molecule has 2 aromatic rings. The van der Waals surface area contributed by atoms with Gasteiger partial charge in [0, 0.05) is 31.7 Å². The molecule has 8 heteroatoms. The van der Waals surface area contributed by atoms with E-state index < -0.39 is 0 Å². The molecule has 0 atom stereocenters. The predicted molar refractivity (Wildman–Crippen MR) is 91.8 cm³/mol. The van der Waals surface area contributed by atoms with Crippen LogP contribution in [0, 0.1) is 0 Å². The number of hydrogen-bond donors (Lipinski definition) is 2. The van der Waals surface area contributed by atoms with Crippen LogP contribution < -0.4 is 10.6 Å². The van der Waals surface area contributed by atoms with E-state index in [0.717, 1.165) is 18.5 Å². The van der Waals surface area contributed by atoms with Crippen LogP contribution >= 0.6 is 0 Å². The lowest BCUT2D eigenvalue weighted by Gasteiger charge is -2.34. The van der Waals surface area contributed by atoms with E-state index >= 15 is 0 Å². The molecule has 0 bridgehead atoms. The molecule has 0 saturated carbocycles. The van der Waals surface area contributed by atoms with Gasteiger partial charge in [-0.05, 0) is 13.3 Å². The second-order valence-corrected chi connectivity index (χ2v) is 5.45. The van der Waals surface area contributed by atoms with Gasteiger partial charge in [-0.15, -0.1) is 0 Å². The van der Waals surface area contributed by atoms with Crippen LogP contribution in [-0.4, -0.2) is 37.1 Å². The summed E-state index contributed by atoms with van der Waals surface area (Å²) in [7, 11) is 0. The number of amides is 1. The first kappa shape index (κ1) is 15.9. The number of nitrogens with zero attached hydrogens (tertiary/aromatic N) is 5. The van der Waals surface area contributed by atoms with Crippen LogP contribution in [0.2, 0.25) is 0 Å². The molecule has 0 radical (unpaired) electrons. The Labute approximate surface area is 140 Å². The maximum atomic E-state index is 12.8. The molecule has 1 aliphatic rings. The lowest BCUT2D eigenvalue weighted by atomic mass is 10.2. The number of hydrogen-bond acceptors (Lipinski definition) is 5. The second-order valence-electron chi connectivity index (χ2n) is 5.45. The highest BCUT2D eigenvalue weighted by Gasteiger charge is 2.35. The number of aromatic nitrogens is 4. The summed E-state index contributed by atoms with van der Waals surface area (Å²) in [6.45, 7) is 9.38. The summed E-state index contributed by atoms with van der Waals surface area (Å²) in [4.78, 5) is 23.8. The highest BCUT2D eigenvalue weighted by atomic mass is 16.2. The molecule has 8 nitrogen and oxygen atoms in total. The van der Waals surface area contributed by atoms with Crippen molar-refractivity contribution in [1.82, 2.24) is 24.6 Å². The number of nitrogens with one attached hydrogen (secondary N) is 1. The number of H-pyrrole nitrogens is 1. The van der Waals surface area contributed by atoms with Crippen LogP contribution in [-0.2, 0) is 6.54 Å². The number of anilines is 1. The van der Waals surface area contributed by atoms with Crippen LogP contribution in [0.1, 0.15) is 30.8 Å². The summed E-state index contributed by atoms with van der Waals surface area (Å²) >= 11 is 0. The van der Waals surface area contributed by atoms with E-state index in [1.807, 2.05) is 20.0 Å². The number of fused-ring (bicyclic) bond motifs is 1. The molecule has 0 saturated heterocycles. The molecule has 2 aromatic heterocycles. The Morgan fingerprint density at radius 2 is 2.21 bits per heavy atom.